The molecule has 0 aliphatic heterocycles. The molecular weight excluding hydrogens is 264 g/mol. The molecular formula is C13H16N2O5. The molecule has 1 aromatic carbocycles. The molecule has 0 heterocycles. The Balaban J connectivity index is 3.39. The van der Waals surface area contributed by atoms with Gasteiger partial charge in [-0.25, -0.2) is 4.79 Å². The van der Waals surface area contributed by atoms with Gasteiger partial charge in [-0.2, -0.15) is 0 Å². The highest BCUT2D eigenvalue weighted by molar-refractivity contribution is 5.89. The summed E-state index contributed by atoms with van der Waals surface area (Å²) < 4.78 is 0. The first-order valence-electron chi connectivity index (χ1n) is 6.01. The molecule has 7 heteroatoms. The fourth-order valence-electron chi connectivity index (χ4n) is 2.09. The quantitative estimate of drug-likeness (QED) is 0.487. The van der Waals surface area contributed by atoms with E-state index >= 15 is 0 Å². The second kappa shape index (κ2) is 6.14. The first-order chi connectivity index (χ1) is 9.31. The predicted octanol–water partition coefficient (Wildman–Crippen LogP) is 1.98. The van der Waals surface area contributed by atoms with Crippen LogP contribution >= 0.6 is 0 Å². The summed E-state index contributed by atoms with van der Waals surface area (Å²) in [6.07, 6.45) is 0.394. The van der Waals surface area contributed by atoms with Gasteiger partial charge in [-0.3, -0.25) is 19.8 Å². The molecule has 1 amide bonds. The lowest BCUT2D eigenvalue weighted by Gasteiger charge is -2.28. The molecule has 108 valence electrons. The number of anilines is 1. The molecule has 1 rings (SSSR count). The minimum Gasteiger partial charge on any atom is -0.480 e. The number of hydrogen-bond acceptors (Lipinski definition) is 4. The van der Waals surface area contributed by atoms with Crippen LogP contribution in [0, 0.1) is 23.0 Å². The molecule has 1 N–H and O–H groups in total. The largest absolute Gasteiger partial charge is 0.480 e. The Morgan fingerprint density at radius 3 is 2.45 bits per heavy atom. The molecule has 1 atom stereocenters. The number of carbonyl (C=O) groups excluding carboxylic acids is 1. The topological polar surface area (TPSA) is 101 Å². The van der Waals surface area contributed by atoms with E-state index in [9.17, 15) is 24.8 Å². The van der Waals surface area contributed by atoms with Gasteiger partial charge < -0.3 is 5.11 Å². The van der Waals surface area contributed by atoms with Crippen molar-refractivity contribution in [3.63, 3.8) is 0 Å². The maximum Gasteiger partial charge on any atom is 0.327 e. The number of carbonyl (C=O) groups is 2. The van der Waals surface area contributed by atoms with E-state index in [4.69, 9.17) is 0 Å². The van der Waals surface area contributed by atoms with Crippen LogP contribution in [0.5, 0.6) is 0 Å². The molecule has 0 aliphatic rings. The van der Waals surface area contributed by atoms with Gasteiger partial charge in [0.1, 0.15) is 6.04 Å². The van der Waals surface area contributed by atoms with Crippen molar-refractivity contribution in [3.8, 4) is 0 Å². The summed E-state index contributed by atoms with van der Waals surface area (Å²) in [6, 6.07) is 3.16. The highest BCUT2D eigenvalue weighted by Gasteiger charge is 2.31. The highest BCUT2D eigenvalue weighted by atomic mass is 16.6. The zero-order chi connectivity index (χ0) is 15.4. The Morgan fingerprint density at radius 1 is 1.45 bits per heavy atom. The van der Waals surface area contributed by atoms with Crippen molar-refractivity contribution in [1.29, 1.82) is 0 Å². The number of nitrogens with zero attached hydrogens (tertiary/aromatic N) is 2. The van der Waals surface area contributed by atoms with Crippen molar-refractivity contribution in [2.24, 2.45) is 5.92 Å². The molecule has 1 aromatic rings. The summed E-state index contributed by atoms with van der Waals surface area (Å²) in [6.45, 7) is 4.83. The maximum absolute atomic E-state index is 11.3. The highest BCUT2D eigenvalue weighted by Crippen LogP contribution is 2.30. The predicted molar refractivity (Wildman–Crippen MR) is 72.6 cm³/mol. The van der Waals surface area contributed by atoms with E-state index in [1.54, 1.807) is 13.8 Å². The number of rotatable bonds is 6. The number of carboxylic acid groups (broad SMARTS) is 1. The lowest BCUT2D eigenvalue weighted by molar-refractivity contribution is -0.385. The van der Waals surface area contributed by atoms with E-state index in [0.29, 0.717) is 6.41 Å². The minimum absolute atomic E-state index is 0.151. The molecule has 0 spiro atoms. The average Bonchev–Trinajstić information content (AvgIpc) is 2.35. The minimum atomic E-state index is -1.15. The Hall–Kier alpha value is -2.44. The molecule has 0 bridgehead atoms. The summed E-state index contributed by atoms with van der Waals surface area (Å²) in [7, 11) is 0. The van der Waals surface area contributed by atoms with E-state index in [0.717, 1.165) is 4.90 Å². The molecule has 0 fully saturated rings. The van der Waals surface area contributed by atoms with Gasteiger partial charge in [0.2, 0.25) is 6.41 Å². The first-order valence-corrected chi connectivity index (χ1v) is 6.01. The molecule has 0 aromatic heterocycles. The Bertz CT molecular complexity index is 542. The van der Waals surface area contributed by atoms with Crippen LogP contribution < -0.4 is 4.90 Å². The summed E-state index contributed by atoms with van der Waals surface area (Å²) in [4.78, 5) is 34.0. The van der Waals surface area contributed by atoms with Gasteiger partial charge in [-0.05, 0) is 18.9 Å². The zero-order valence-electron chi connectivity index (χ0n) is 11.4. The van der Waals surface area contributed by atoms with E-state index < -0.39 is 16.9 Å². The van der Waals surface area contributed by atoms with Crippen LogP contribution in [0.25, 0.3) is 0 Å². The number of hydrogen-bond donors (Lipinski definition) is 1. The van der Waals surface area contributed by atoms with Gasteiger partial charge in [0.15, 0.2) is 0 Å². The van der Waals surface area contributed by atoms with Gasteiger partial charge in [0.05, 0.1) is 16.2 Å². The fourth-order valence-corrected chi connectivity index (χ4v) is 2.09. The molecule has 0 radical (unpaired) electrons. The Kier molecular flexibility index (Phi) is 4.79. The maximum atomic E-state index is 11.3. The standard InChI is InChI=1S/C13H16N2O5/c1-8(2)12(13(17)18)14(7-16)10-5-4-6-11(9(10)3)15(19)20/h4-8,12H,1-3H3,(H,17,18). The van der Waals surface area contributed by atoms with E-state index in [-0.39, 0.29) is 22.9 Å². The van der Waals surface area contributed by atoms with Gasteiger partial charge >= 0.3 is 5.97 Å². The van der Waals surface area contributed by atoms with Crippen LogP contribution in [-0.4, -0.2) is 28.5 Å². The van der Waals surface area contributed by atoms with Crippen LogP contribution in [0.1, 0.15) is 19.4 Å². The number of nitro benzene ring substituents is 1. The molecule has 7 nitrogen and oxygen atoms in total. The summed E-state index contributed by atoms with van der Waals surface area (Å²) in [5.74, 6) is -1.49. The second-order valence-electron chi connectivity index (χ2n) is 4.72. The number of nitro groups is 1. The Morgan fingerprint density at radius 2 is 2.05 bits per heavy atom. The zero-order valence-corrected chi connectivity index (χ0v) is 11.4. The number of carboxylic acids is 1. The van der Waals surface area contributed by atoms with Crippen molar-refractivity contribution < 1.29 is 19.6 Å². The number of benzene rings is 1. The fraction of sp³-hybridized carbons (Fsp3) is 0.385. The van der Waals surface area contributed by atoms with Crippen molar-refractivity contribution in [3.05, 3.63) is 33.9 Å². The van der Waals surface area contributed by atoms with Crippen LogP contribution in [0.3, 0.4) is 0 Å². The summed E-state index contributed by atoms with van der Waals surface area (Å²) >= 11 is 0. The van der Waals surface area contributed by atoms with E-state index in [1.165, 1.54) is 25.1 Å². The van der Waals surface area contributed by atoms with Crippen LogP contribution in [0.2, 0.25) is 0 Å². The summed E-state index contributed by atoms with van der Waals surface area (Å²) in [5, 5.41) is 20.1. The SMILES string of the molecule is Cc1c(N(C=O)C(C(=O)O)C(C)C)cccc1[N+](=O)[O-]. The van der Waals surface area contributed by atoms with E-state index in [2.05, 4.69) is 0 Å². The number of amides is 1. The molecule has 0 saturated heterocycles. The third-order valence-corrected chi connectivity index (χ3v) is 3.05. The normalized spacial score (nSPS) is 12.0. The number of aliphatic carboxylic acids is 1. The Labute approximate surface area is 116 Å². The monoisotopic (exact) mass is 280 g/mol. The van der Waals surface area contributed by atoms with Gasteiger partial charge in [-0.1, -0.05) is 19.9 Å². The van der Waals surface area contributed by atoms with Gasteiger partial charge in [-0.15, -0.1) is 0 Å². The average molecular weight is 280 g/mol. The van der Waals surface area contributed by atoms with Crippen LogP contribution in [0.15, 0.2) is 18.2 Å². The lowest BCUT2D eigenvalue weighted by atomic mass is 10.0. The molecule has 20 heavy (non-hydrogen) atoms. The van der Waals surface area contributed by atoms with Crippen molar-refractivity contribution in [2.75, 3.05) is 4.90 Å². The second-order valence-corrected chi connectivity index (χ2v) is 4.72. The van der Waals surface area contributed by atoms with Crippen LogP contribution in [-0.2, 0) is 9.59 Å². The van der Waals surface area contributed by atoms with E-state index in [1.807, 2.05) is 0 Å². The summed E-state index contributed by atoms with van der Waals surface area (Å²) in [5.41, 5.74) is 0.342. The van der Waals surface area contributed by atoms with Crippen LogP contribution in [0.4, 0.5) is 11.4 Å². The molecule has 1 unspecified atom stereocenters. The molecule has 0 saturated carbocycles. The van der Waals surface area contributed by atoms with Crippen molar-refractivity contribution in [1.82, 2.24) is 0 Å². The third kappa shape index (κ3) is 2.93. The van der Waals surface area contributed by atoms with Gasteiger partial charge in [0.25, 0.3) is 5.69 Å². The van der Waals surface area contributed by atoms with Crippen molar-refractivity contribution >= 4 is 23.8 Å². The van der Waals surface area contributed by atoms with Gasteiger partial charge in [0, 0.05) is 6.07 Å². The smallest absolute Gasteiger partial charge is 0.327 e. The lowest BCUT2D eigenvalue weighted by Crippen LogP contribution is -2.44. The molecule has 0 aliphatic carbocycles. The van der Waals surface area contributed by atoms with Crippen molar-refractivity contribution in [2.45, 2.75) is 26.8 Å². The third-order valence-electron chi connectivity index (χ3n) is 3.05. The first kappa shape index (κ1) is 15.6.